The first-order valence-electron chi connectivity index (χ1n) is 12.4. The van der Waals surface area contributed by atoms with Crippen molar-refractivity contribution < 1.29 is 18.7 Å². The molecule has 5 rings (SSSR count). The number of nitrogens with zero attached hydrogens (tertiary/aromatic N) is 1. The lowest BCUT2D eigenvalue weighted by Gasteiger charge is -2.17. The van der Waals surface area contributed by atoms with E-state index in [-0.39, 0.29) is 5.91 Å². The molecule has 0 saturated carbocycles. The summed E-state index contributed by atoms with van der Waals surface area (Å²) >= 11 is 0. The summed E-state index contributed by atoms with van der Waals surface area (Å²) in [6.45, 7) is 6.04. The highest BCUT2D eigenvalue weighted by atomic mass is 16.5. The van der Waals surface area contributed by atoms with Crippen LogP contribution in [0.2, 0.25) is 0 Å². The van der Waals surface area contributed by atoms with Crippen LogP contribution in [-0.4, -0.2) is 23.0 Å². The zero-order valence-electron chi connectivity index (χ0n) is 21.0. The van der Waals surface area contributed by atoms with E-state index in [1.165, 1.54) is 5.56 Å². The van der Waals surface area contributed by atoms with Crippen molar-refractivity contribution in [3.63, 3.8) is 0 Å². The standard InChI is InChI=1S/C31H28N2O4/c1-4-26(29(34)32-22-17-15-20(16-18-22)19(2)3)37-31(35)24-12-8-10-21-9-7-11-23(28(21)24)30-33-25-13-5-6-14-27(25)36-30/h5-19,26H,4H2,1-3H3,(H,32,34). The maximum Gasteiger partial charge on any atom is 0.339 e. The molecule has 6 nitrogen and oxygen atoms in total. The van der Waals surface area contributed by atoms with Crippen molar-refractivity contribution >= 4 is 39.4 Å². The van der Waals surface area contributed by atoms with E-state index in [0.717, 1.165) is 10.9 Å². The minimum atomic E-state index is -0.941. The Hall–Kier alpha value is -4.45. The Morgan fingerprint density at radius 1 is 0.919 bits per heavy atom. The lowest BCUT2D eigenvalue weighted by molar-refractivity contribution is -0.124. The van der Waals surface area contributed by atoms with Gasteiger partial charge in [-0.15, -0.1) is 0 Å². The molecule has 0 saturated heterocycles. The summed E-state index contributed by atoms with van der Waals surface area (Å²) < 4.78 is 11.7. The number of benzene rings is 4. The van der Waals surface area contributed by atoms with Crippen molar-refractivity contribution in [2.75, 3.05) is 5.32 Å². The summed E-state index contributed by atoms with van der Waals surface area (Å²) in [7, 11) is 0. The lowest BCUT2D eigenvalue weighted by atomic mass is 9.99. The first kappa shape index (κ1) is 24.3. The van der Waals surface area contributed by atoms with Crippen LogP contribution in [0.25, 0.3) is 33.3 Å². The number of aromatic nitrogens is 1. The van der Waals surface area contributed by atoms with Crippen molar-refractivity contribution in [3.8, 4) is 11.5 Å². The molecule has 1 amide bonds. The van der Waals surface area contributed by atoms with Gasteiger partial charge in [0.1, 0.15) is 5.52 Å². The molecule has 4 aromatic carbocycles. The van der Waals surface area contributed by atoms with Crippen LogP contribution in [0.5, 0.6) is 0 Å². The number of para-hydroxylation sites is 2. The molecule has 0 aliphatic rings. The number of hydrogen-bond donors (Lipinski definition) is 1. The third-order valence-corrected chi connectivity index (χ3v) is 6.41. The Morgan fingerprint density at radius 2 is 1.65 bits per heavy atom. The molecule has 1 atom stereocenters. The van der Waals surface area contributed by atoms with Crippen molar-refractivity contribution in [2.24, 2.45) is 0 Å². The number of carbonyl (C=O) groups excluding carboxylic acids is 2. The van der Waals surface area contributed by atoms with Crippen molar-refractivity contribution in [3.05, 3.63) is 96.1 Å². The number of amides is 1. The van der Waals surface area contributed by atoms with Gasteiger partial charge in [0.05, 0.1) is 5.56 Å². The SMILES string of the molecule is CCC(OC(=O)c1cccc2cccc(-c3nc4ccccc4o3)c12)C(=O)Nc1ccc(C(C)C)cc1. The predicted octanol–water partition coefficient (Wildman–Crippen LogP) is 7.35. The summed E-state index contributed by atoms with van der Waals surface area (Å²) in [5, 5.41) is 4.38. The molecule has 6 heteroatoms. The highest BCUT2D eigenvalue weighted by molar-refractivity contribution is 6.10. The zero-order chi connectivity index (χ0) is 25.9. The highest BCUT2D eigenvalue weighted by Gasteiger charge is 2.25. The Kier molecular flexibility index (Phi) is 6.73. The van der Waals surface area contributed by atoms with E-state index in [4.69, 9.17) is 9.15 Å². The van der Waals surface area contributed by atoms with Crippen LogP contribution in [0.1, 0.15) is 49.0 Å². The number of hydrogen-bond acceptors (Lipinski definition) is 5. The number of oxazole rings is 1. The molecule has 1 unspecified atom stereocenters. The molecular formula is C31H28N2O4. The Bertz CT molecular complexity index is 1550. The molecule has 5 aromatic rings. The van der Waals surface area contributed by atoms with Crippen LogP contribution >= 0.6 is 0 Å². The minimum Gasteiger partial charge on any atom is -0.449 e. The molecule has 37 heavy (non-hydrogen) atoms. The van der Waals surface area contributed by atoms with Crippen LogP contribution in [0.15, 0.2) is 89.3 Å². The summed E-state index contributed by atoms with van der Waals surface area (Å²) in [5.41, 5.74) is 4.28. The molecule has 1 N–H and O–H groups in total. The smallest absolute Gasteiger partial charge is 0.339 e. The maximum atomic E-state index is 13.4. The minimum absolute atomic E-state index is 0.338. The molecule has 186 valence electrons. The summed E-state index contributed by atoms with van der Waals surface area (Å²) in [6.07, 6.45) is -0.603. The van der Waals surface area contributed by atoms with E-state index in [1.807, 2.05) is 79.7 Å². The molecule has 1 heterocycles. The summed E-state index contributed by atoms with van der Waals surface area (Å²) in [4.78, 5) is 31.0. The molecule has 0 fully saturated rings. The fraction of sp³-hybridized carbons (Fsp3) is 0.194. The molecule has 0 aliphatic carbocycles. The van der Waals surface area contributed by atoms with Gasteiger partial charge < -0.3 is 14.5 Å². The molecule has 0 radical (unpaired) electrons. The molecule has 0 bridgehead atoms. The first-order chi connectivity index (χ1) is 17.9. The van der Waals surface area contributed by atoms with Gasteiger partial charge in [-0.2, -0.15) is 0 Å². The zero-order valence-corrected chi connectivity index (χ0v) is 21.0. The topological polar surface area (TPSA) is 81.4 Å². The van der Waals surface area contributed by atoms with E-state index in [1.54, 1.807) is 12.1 Å². The Morgan fingerprint density at radius 3 is 2.35 bits per heavy atom. The normalized spacial score (nSPS) is 12.1. The van der Waals surface area contributed by atoms with Gasteiger partial charge in [-0.1, -0.05) is 69.3 Å². The van der Waals surface area contributed by atoms with Gasteiger partial charge in [0.2, 0.25) is 5.89 Å². The number of nitrogens with one attached hydrogen (secondary N) is 1. The molecular weight excluding hydrogens is 464 g/mol. The second-order valence-corrected chi connectivity index (χ2v) is 9.26. The third kappa shape index (κ3) is 4.96. The number of anilines is 1. The number of ether oxygens (including phenoxy) is 1. The van der Waals surface area contributed by atoms with Gasteiger partial charge in [-0.25, -0.2) is 9.78 Å². The molecule has 0 spiro atoms. The van der Waals surface area contributed by atoms with Crippen LogP contribution in [0.3, 0.4) is 0 Å². The predicted molar refractivity (Wildman–Crippen MR) is 146 cm³/mol. The van der Waals surface area contributed by atoms with Crippen LogP contribution in [0, 0.1) is 0 Å². The number of carbonyl (C=O) groups is 2. The van der Waals surface area contributed by atoms with Gasteiger partial charge in [-0.05, 0) is 59.7 Å². The molecule has 1 aromatic heterocycles. The maximum absolute atomic E-state index is 13.4. The summed E-state index contributed by atoms with van der Waals surface area (Å²) in [5.74, 6) is -0.130. The van der Waals surface area contributed by atoms with Gasteiger partial charge in [0.15, 0.2) is 11.7 Å². The second-order valence-electron chi connectivity index (χ2n) is 9.26. The number of esters is 1. The van der Waals surface area contributed by atoms with Gasteiger partial charge in [0.25, 0.3) is 5.91 Å². The van der Waals surface area contributed by atoms with Crippen LogP contribution < -0.4 is 5.32 Å². The van der Waals surface area contributed by atoms with Crippen molar-refractivity contribution in [2.45, 2.75) is 39.2 Å². The number of fused-ring (bicyclic) bond motifs is 2. The van der Waals surface area contributed by atoms with E-state index < -0.39 is 12.1 Å². The highest BCUT2D eigenvalue weighted by Crippen LogP contribution is 2.33. The average Bonchev–Trinajstić information content (AvgIpc) is 3.35. The fourth-order valence-electron chi connectivity index (χ4n) is 4.37. The lowest BCUT2D eigenvalue weighted by Crippen LogP contribution is -2.32. The fourth-order valence-corrected chi connectivity index (χ4v) is 4.37. The largest absolute Gasteiger partial charge is 0.449 e. The molecule has 0 aliphatic heterocycles. The Labute approximate surface area is 215 Å². The van der Waals surface area contributed by atoms with E-state index in [9.17, 15) is 9.59 Å². The van der Waals surface area contributed by atoms with Gasteiger partial charge >= 0.3 is 5.97 Å². The second kappa shape index (κ2) is 10.3. The van der Waals surface area contributed by atoms with E-state index in [2.05, 4.69) is 24.1 Å². The van der Waals surface area contributed by atoms with Crippen LogP contribution in [0.4, 0.5) is 5.69 Å². The monoisotopic (exact) mass is 492 g/mol. The van der Waals surface area contributed by atoms with Crippen molar-refractivity contribution in [1.82, 2.24) is 4.98 Å². The summed E-state index contributed by atoms with van der Waals surface area (Å²) in [6, 6.07) is 26.3. The van der Waals surface area contributed by atoms with E-state index in [0.29, 0.717) is 46.0 Å². The number of rotatable bonds is 7. The van der Waals surface area contributed by atoms with E-state index >= 15 is 0 Å². The van der Waals surface area contributed by atoms with Gasteiger partial charge in [0, 0.05) is 16.6 Å². The first-order valence-corrected chi connectivity index (χ1v) is 12.4. The van der Waals surface area contributed by atoms with Crippen molar-refractivity contribution in [1.29, 1.82) is 0 Å². The third-order valence-electron chi connectivity index (χ3n) is 6.41. The van der Waals surface area contributed by atoms with Crippen LogP contribution in [-0.2, 0) is 9.53 Å². The van der Waals surface area contributed by atoms with Gasteiger partial charge in [-0.3, -0.25) is 4.79 Å². The quantitative estimate of drug-likeness (QED) is 0.240. The average molecular weight is 493 g/mol. The Balaban J connectivity index is 1.43.